The van der Waals surface area contributed by atoms with Gasteiger partial charge in [-0.05, 0) is 36.4 Å². The zero-order valence-corrected chi connectivity index (χ0v) is 13.8. The summed E-state index contributed by atoms with van der Waals surface area (Å²) in [6, 6.07) is 17.1. The Morgan fingerprint density at radius 3 is 2.60 bits per heavy atom. The Morgan fingerprint density at radius 1 is 1.12 bits per heavy atom. The topological polar surface area (TPSA) is 68.5 Å². The van der Waals surface area contributed by atoms with Crippen LogP contribution in [0.25, 0.3) is 11.4 Å². The Balaban J connectivity index is 1.53. The van der Waals surface area contributed by atoms with Gasteiger partial charge in [0.25, 0.3) is 0 Å². The molecule has 2 heterocycles. The Morgan fingerprint density at radius 2 is 1.88 bits per heavy atom. The second-order valence-electron chi connectivity index (χ2n) is 5.93. The predicted octanol–water partition coefficient (Wildman–Crippen LogP) is 3.27. The van der Waals surface area contributed by atoms with Crippen LogP contribution in [0.3, 0.4) is 0 Å². The van der Waals surface area contributed by atoms with Crippen LogP contribution in [-0.4, -0.2) is 29.7 Å². The summed E-state index contributed by atoms with van der Waals surface area (Å²) < 4.78 is 10.6. The second kappa shape index (κ2) is 6.39. The van der Waals surface area contributed by atoms with E-state index in [4.69, 9.17) is 9.26 Å². The summed E-state index contributed by atoms with van der Waals surface area (Å²) in [5.74, 6) is 1.76. The number of carbonyl (C=O) groups is 1. The van der Waals surface area contributed by atoms with Crippen LogP contribution in [-0.2, 0) is 4.79 Å². The lowest BCUT2D eigenvalue weighted by molar-refractivity contribution is -0.117. The van der Waals surface area contributed by atoms with Crippen LogP contribution in [0.5, 0.6) is 5.75 Å². The maximum Gasteiger partial charge on any atom is 0.232 e. The molecule has 0 saturated carbocycles. The molecule has 0 radical (unpaired) electrons. The number of para-hydroxylation sites is 1. The highest BCUT2D eigenvalue weighted by atomic mass is 16.5. The number of benzene rings is 2. The molecule has 0 bridgehead atoms. The van der Waals surface area contributed by atoms with E-state index >= 15 is 0 Å². The first kappa shape index (κ1) is 15.4. The summed E-state index contributed by atoms with van der Waals surface area (Å²) in [7, 11) is 1.62. The van der Waals surface area contributed by atoms with Gasteiger partial charge in [-0.15, -0.1) is 0 Å². The molecule has 2 aromatic carbocycles. The highest BCUT2D eigenvalue weighted by Gasteiger charge is 2.35. The van der Waals surface area contributed by atoms with Crippen molar-refractivity contribution in [3.8, 4) is 17.1 Å². The molecule has 1 fully saturated rings. The number of hydrogen-bond acceptors (Lipinski definition) is 5. The van der Waals surface area contributed by atoms with Crippen LogP contribution in [0, 0.1) is 0 Å². The van der Waals surface area contributed by atoms with E-state index < -0.39 is 0 Å². The molecule has 25 heavy (non-hydrogen) atoms. The largest absolute Gasteiger partial charge is 0.497 e. The predicted molar refractivity (Wildman–Crippen MR) is 92.4 cm³/mol. The molecule has 1 aliphatic heterocycles. The number of ether oxygens (including phenoxy) is 1. The van der Waals surface area contributed by atoms with Crippen LogP contribution in [0.1, 0.15) is 18.2 Å². The fourth-order valence-corrected chi connectivity index (χ4v) is 2.99. The number of anilines is 1. The normalized spacial score (nSPS) is 17.1. The van der Waals surface area contributed by atoms with Gasteiger partial charge in [0.2, 0.25) is 17.6 Å². The van der Waals surface area contributed by atoms with Gasteiger partial charge in [0, 0.05) is 24.2 Å². The summed E-state index contributed by atoms with van der Waals surface area (Å²) in [5.41, 5.74) is 1.74. The Kier molecular flexibility index (Phi) is 3.93. The molecule has 1 atom stereocenters. The third-order valence-corrected chi connectivity index (χ3v) is 4.33. The zero-order chi connectivity index (χ0) is 17.2. The molecular formula is C19H17N3O3. The summed E-state index contributed by atoms with van der Waals surface area (Å²) >= 11 is 0. The van der Waals surface area contributed by atoms with Crippen molar-refractivity contribution in [3.05, 3.63) is 60.5 Å². The number of hydrogen-bond donors (Lipinski definition) is 0. The van der Waals surface area contributed by atoms with E-state index in [1.165, 1.54) is 0 Å². The van der Waals surface area contributed by atoms with E-state index in [0.717, 1.165) is 17.0 Å². The highest BCUT2D eigenvalue weighted by Crippen LogP contribution is 2.32. The molecule has 3 aromatic rings. The molecule has 1 saturated heterocycles. The molecule has 4 rings (SSSR count). The SMILES string of the molecule is COc1ccc(-c2noc(C3CC(=O)N(c4ccccc4)C3)n2)cc1. The fourth-order valence-electron chi connectivity index (χ4n) is 2.99. The van der Waals surface area contributed by atoms with Crippen LogP contribution in [0.2, 0.25) is 0 Å². The van der Waals surface area contributed by atoms with E-state index in [1.54, 1.807) is 12.0 Å². The van der Waals surface area contributed by atoms with Crippen molar-refractivity contribution in [1.82, 2.24) is 10.1 Å². The monoisotopic (exact) mass is 335 g/mol. The first-order valence-corrected chi connectivity index (χ1v) is 8.08. The number of aromatic nitrogens is 2. The fraction of sp³-hybridized carbons (Fsp3) is 0.211. The van der Waals surface area contributed by atoms with E-state index in [1.807, 2.05) is 54.6 Å². The third-order valence-electron chi connectivity index (χ3n) is 4.33. The number of rotatable bonds is 4. The molecule has 0 N–H and O–H groups in total. The molecule has 1 unspecified atom stereocenters. The van der Waals surface area contributed by atoms with E-state index in [9.17, 15) is 4.79 Å². The van der Waals surface area contributed by atoms with Crippen LogP contribution in [0.15, 0.2) is 59.1 Å². The standard InChI is InChI=1S/C19H17N3O3/c1-24-16-9-7-13(8-10-16)18-20-19(25-21-18)14-11-17(23)22(12-14)15-5-3-2-4-6-15/h2-10,14H,11-12H2,1H3. The van der Waals surface area contributed by atoms with Gasteiger partial charge < -0.3 is 14.2 Å². The summed E-state index contributed by atoms with van der Waals surface area (Å²) in [6.07, 6.45) is 0.374. The van der Waals surface area contributed by atoms with Crippen molar-refractivity contribution in [3.63, 3.8) is 0 Å². The third kappa shape index (κ3) is 2.98. The van der Waals surface area contributed by atoms with Crippen molar-refractivity contribution in [2.45, 2.75) is 12.3 Å². The van der Waals surface area contributed by atoms with Crippen LogP contribution in [0.4, 0.5) is 5.69 Å². The van der Waals surface area contributed by atoms with Crippen molar-refractivity contribution < 1.29 is 14.1 Å². The minimum atomic E-state index is -0.0906. The second-order valence-corrected chi connectivity index (χ2v) is 5.93. The van der Waals surface area contributed by atoms with Gasteiger partial charge in [0.05, 0.1) is 13.0 Å². The molecule has 0 spiro atoms. The Hall–Kier alpha value is -3.15. The number of nitrogens with zero attached hydrogens (tertiary/aromatic N) is 3. The van der Waals surface area contributed by atoms with Crippen molar-refractivity contribution in [2.75, 3.05) is 18.6 Å². The molecular weight excluding hydrogens is 318 g/mol. The van der Waals surface area contributed by atoms with Gasteiger partial charge in [-0.25, -0.2) is 0 Å². The average molecular weight is 335 g/mol. The molecule has 1 aliphatic rings. The van der Waals surface area contributed by atoms with Gasteiger partial charge >= 0.3 is 0 Å². The van der Waals surface area contributed by atoms with Gasteiger partial charge in [-0.1, -0.05) is 23.4 Å². The van der Waals surface area contributed by atoms with E-state index in [-0.39, 0.29) is 11.8 Å². The molecule has 1 aromatic heterocycles. The van der Waals surface area contributed by atoms with Gasteiger partial charge in [-0.2, -0.15) is 4.98 Å². The number of carbonyl (C=O) groups excluding carboxylic acids is 1. The first-order valence-electron chi connectivity index (χ1n) is 8.08. The lowest BCUT2D eigenvalue weighted by atomic mass is 10.1. The highest BCUT2D eigenvalue weighted by molar-refractivity contribution is 5.96. The lowest BCUT2D eigenvalue weighted by Gasteiger charge is -2.15. The lowest BCUT2D eigenvalue weighted by Crippen LogP contribution is -2.24. The Labute approximate surface area is 145 Å². The quantitative estimate of drug-likeness (QED) is 0.732. The smallest absolute Gasteiger partial charge is 0.232 e. The Bertz CT molecular complexity index is 874. The number of methoxy groups -OCH3 is 1. The van der Waals surface area contributed by atoms with E-state index in [2.05, 4.69) is 10.1 Å². The minimum absolute atomic E-state index is 0.0698. The van der Waals surface area contributed by atoms with Gasteiger partial charge in [0.15, 0.2) is 0 Å². The molecule has 6 heteroatoms. The molecule has 1 amide bonds. The van der Waals surface area contributed by atoms with Crippen molar-refractivity contribution >= 4 is 11.6 Å². The van der Waals surface area contributed by atoms with Gasteiger partial charge in [0.1, 0.15) is 5.75 Å². The maximum atomic E-state index is 12.3. The summed E-state index contributed by atoms with van der Waals surface area (Å²) in [4.78, 5) is 18.6. The van der Waals surface area contributed by atoms with Crippen molar-refractivity contribution in [1.29, 1.82) is 0 Å². The first-order chi connectivity index (χ1) is 12.2. The average Bonchev–Trinajstić information content (AvgIpc) is 3.29. The zero-order valence-electron chi connectivity index (χ0n) is 13.8. The summed E-state index contributed by atoms with van der Waals surface area (Å²) in [5, 5.41) is 4.05. The maximum absolute atomic E-state index is 12.3. The summed E-state index contributed by atoms with van der Waals surface area (Å²) in [6.45, 7) is 0.549. The minimum Gasteiger partial charge on any atom is -0.497 e. The van der Waals surface area contributed by atoms with Crippen LogP contribution < -0.4 is 9.64 Å². The van der Waals surface area contributed by atoms with E-state index in [0.29, 0.717) is 24.7 Å². The van der Waals surface area contributed by atoms with Crippen LogP contribution >= 0.6 is 0 Å². The van der Waals surface area contributed by atoms with Gasteiger partial charge in [-0.3, -0.25) is 4.79 Å². The molecule has 6 nitrogen and oxygen atoms in total. The number of amides is 1. The molecule has 0 aliphatic carbocycles. The molecule has 126 valence electrons. The van der Waals surface area contributed by atoms with Crippen molar-refractivity contribution in [2.24, 2.45) is 0 Å².